The van der Waals surface area contributed by atoms with Crippen molar-refractivity contribution >= 4 is 56.4 Å². The molecule has 9 heteroatoms. The molecule has 0 heterocycles. The van der Waals surface area contributed by atoms with Gasteiger partial charge in [0.25, 0.3) is 11.6 Å². The van der Waals surface area contributed by atoms with E-state index in [-0.39, 0.29) is 16.4 Å². The molecule has 1 atom stereocenters. The van der Waals surface area contributed by atoms with Crippen molar-refractivity contribution in [3.63, 3.8) is 0 Å². The second kappa shape index (κ2) is 7.83. The highest BCUT2D eigenvalue weighted by atomic mass is 79.9. The van der Waals surface area contributed by atoms with E-state index in [4.69, 9.17) is 27.9 Å². The number of anilines is 1. The lowest BCUT2D eigenvalue weighted by atomic mass is 10.2. The number of carbonyl (C=O) groups is 1. The molecule has 0 spiro atoms. The van der Waals surface area contributed by atoms with Crippen LogP contribution in [0.3, 0.4) is 0 Å². The Bertz CT molecular complexity index is 801. The maximum atomic E-state index is 12.2. The van der Waals surface area contributed by atoms with Crippen LogP contribution in [-0.2, 0) is 4.79 Å². The van der Waals surface area contributed by atoms with Crippen molar-refractivity contribution in [2.24, 2.45) is 0 Å². The largest absolute Gasteiger partial charge is 0.480 e. The number of benzene rings is 2. The van der Waals surface area contributed by atoms with E-state index in [9.17, 15) is 14.9 Å². The summed E-state index contributed by atoms with van der Waals surface area (Å²) >= 11 is 14.9. The number of halogens is 3. The van der Waals surface area contributed by atoms with Crippen molar-refractivity contribution in [1.29, 1.82) is 0 Å². The predicted molar refractivity (Wildman–Crippen MR) is 96.0 cm³/mol. The zero-order chi connectivity index (χ0) is 17.9. The second-order valence-electron chi connectivity index (χ2n) is 4.75. The molecule has 0 saturated heterocycles. The van der Waals surface area contributed by atoms with E-state index in [1.165, 1.54) is 18.2 Å². The summed E-state index contributed by atoms with van der Waals surface area (Å²) < 4.78 is 6.17. The fourth-order valence-electron chi connectivity index (χ4n) is 1.79. The van der Waals surface area contributed by atoms with Crippen molar-refractivity contribution < 1.29 is 14.5 Å². The lowest BCUT2D eigenvalue weighted by Crippen LogP contribution is -2.30. The van der Waals surface area contributed by atoms with Crippen LogP contribution in [0, 0.1) is 10.1 Å². The summed E-state index contributed by atoms with van der Waals surface area (Å²) in [6.07, 6.45) is -0.836. The third kappa shape index (κ3) is 4.59. The smallest absolute Gasteiger partial charge is 0.289 e. The molecule has 0 radical (unpaired) electrons. The van der Waals surface area contributed by atoms with E-state index < -0.39 is 16.9 Å². The van der Waals surface area contributed by atoms with Crippen molar-refractivity contribution in [2.45, 2.75) is 13.0 Å². The van der Waals surface area contributed by atoms with Crippen LogP contribution in [0.1, 0.15) is 6.92 Å². The summed E-state index contributed by atoms with van der Waals surface area (Å²) in [6.45, 7) is 1.56. The van der Waals surface area contributed by atoms with Gasteiger partial charge in [-0.1, -0.05) is 23.2 Å². The quantitative estimate of drug-likeness (QED) is 0.527. The van der Waals surface area contributed by atoms with Crippen LogP contribution >= 0.6 is 39.1 Å². The first kappa shape index (κ1) is 18.5. The van der Waals surface area contributed by atoms with Gasteiger partial charge in [-0.3, -0.25) is 14.9 Å². The summed E-state index contributed by atoms with van der Waals surface area (Å²) in [4.78, 5) is 22.4. The summed E-state index contributed by atoms with van der Waals surface area (Å²) in [7, 11) is 0. The number of nitrogens with zero attached hydrogens (tertiary/aromatic N) is 1. The predicted octanol–water partition coefficient (Wildman–Crippen LogP) is 5.07. The van der Waals surface area contributed by atoms with Crippen molar-refractivity contribution in [3.05, 3.63) is 61.0 Å². The van der Waals surface area contributed by atoms with Crippen LogP contribution in [0.15, 0.2) is 40.9 Å². The van der Waals surface area contributed by atoms with Gasteiger partial charge in [-0.05, 0) is 53.2 Å². The van der Waals surface area contributed by atoms with E-state index in [2.05, 4.69) is 21.2 Å². The number of rotatable bonds is 5. The van der Waals surface area contributed by atoms with Gasteiger partial charge in [0, 0.05) is 16.8 Å². The molecule has 6 nitrogen and oxygen atoms in total. The molecule has 2 aromatic carbocycles. The summed E-state index contributed by atoms with van der Waals surface area (Å²) in [6, 6.07) is 8.90. The van der Waals surface area contributed by atoms with E-state index in [0.717, 1.165) is 0 Å². The van der Waals surface area contributed by atoms with E-state index in [1.54, 1.807) is 25.1 Å². The molecule has 0 saturated carbocycles. The Morgan fingerprint density at radius 2 is 2.00 bits per heavy atom. The van der Waals surface area contributed by atoms with Gasteiger partial charge in [-0.15, -0.1) is 0 Å². The van der Waals surface area contributed by atoms with Crippen LogP contribution in [0.4, 0.5) is 11.4 Å². The SMILES string of the molecule is CC(Oc1ccc(Cl)cc1Br)C(=O)Nc1ccc(Cl)c([N+](=O)[O-])c1. The maximum Gasteiger partial charge on any atom is 0.289 e. The molecular formula is C15H11BrCl2N2O4. The minimum Gasteiger partial charge on any atom is -0.480 e. The molecule has 2 rings (SSSR count). The fraction of sp³-hybridized carbons (Fsp3) is 0.133. The fourth-order valence-corrected chi connectivity index (χ4v) is 2.75. The van der Waals surface area contributed by atoms with Gasteiger partial charge in [0.05, 0.1) is 9.40 Å². The van der Waals surface area contributed by atoms with Crippen LogP contribution in [0.5, 0.6) is 5.75 Å². The standard InChI is InChI=1S/C15H11BrCl2N2O4/c1-8(24-14-5-2-9(17)6-11(14)16)15(21)19-10-3-4-12(18)13(7-10)20(22)23/h2-8H,1H3,(H,19,21). The Hall–Kier alpha value is -1.83. The number of hydrogen-bond acceptors (Lipinski definition) is 4. The molecule has 24 heavy (non-hydrogen) atoms. The van der Waals surface area contributed by atoms with Gasteiger partial charge in [0.2, 0.25) is 0 Å². The third-order valence-corrected chi connectivity index (χ3v) is 4.15. The van der Waals surface area contributed by atoms with Crippen molar-refractivity contribution in [1.82, 2.24) is 0 Å². The van der Waals surface area contributed by atoms with Gasteiger partial charge in [0.15, 0.2) is 6.10 Å². The molecule has 0 aliphatic rings. The first-order valence-electron chi connectivity index (χ1n) is 6.64. The Labute approximate surface area is 156 Å². The number of ether oxygens (including phenoxy) is 1. The second-order valence-corrected chi connectivity index (χ2v) is 6.45. The lowest BCUT2D eigenvalue weighted by molar-refractivity contribution is -0.384. The number of nitro groups is 1. The Kier molecular flexibility index (Phi) is 6.04. The van der Waals surface area contributed by atoms with Gasteiger partial charge >= 0.3 is 0 Å². The van der Waals surface area contributed by atoms with Crippen LogP contribution in [0.25, 0.3) is 0 Å². The van der Waals surface area contributed by atoms with Gasteiger partial charge in [-0.25, -0.2) is 0 Å². The van der Waals surface area contributed by atoms with Crippen LogP contribution in [0.2, 0.25) is 10.0 Å². The molecule has 0 aliphatic carbocycles. The number of nitrogens with one attached hydrogen (secondary N) is 1. The molecule has 1 amide bonds. The van der Waals surface area contributed by atoms with E-state index in [1.807, 2.05) is 0 Å². The number of nitro benzene ring substituents is 1. The molecule has 1 N–H and O–H groups in total. The summed E-state index contributed by atoms with van der Waals surface area (Å²) in [5, 5.41) is 13.9. The molecular weight excluding hydrogens is 423 g/mol. The highest BCUT2D eigenvalue weighted by Gasteiger charge is 2.19. The molecule has 1 unspecified atom stereocenters. The molecule has 0 bridgehead atoms. The molecule has 0 aliphatic heterocycles. The molecule has 2 aromatic rings. The summed E-state index contributed by atoms with van der Waals surface area (Å²) in [5.41, 5.74) is -0.0368. The first-order chi connectivity index (χ1) is 11.3. The normalized spacial score (nSPS) is 11.7. The Balaban J connectivity index is 2.09. The highest BCUT2D eigenvalue weighted by Crippen LogP contribution is 2.30. The number of carbonyl (C=O) groups excluding carboxylic acids is 1. The average Bonchev–Trinajstić information content (AvgIpc) is 2.51. The molecule has 0 aromatic heterocycles. The van der Waals surface area contributed by atoms with Crippen molar-refractivity contribution in [3.8, 4) is 5.75 Å². The monoisotopic (exact) mass is 432 g/mol. The van der Waals surface area contributed by atoms with Gasteiger partial charge in [0.1, 0.15) is 10.8 Å². The minimum atomic E-state index is -0.836. The van der Waals surface area contributed by atoms with E-state index >= 15 is 0 Å². The van der Waals surface area contributed by atoms with Gasteiger partial charge in [-0.2, -0.15) is 0 Å². The first-order valence-corrected chi connectivity index (χ1v) is 8.19. The topological polar surface area (TPSA) is 81.5 Å². The zero-order valence-corrected chi connectivity index (χ0v) is 15.4. The Morgan fingerprint density at radius 1 is 1.29 bits per heavy atom. The van der Waals surface area contributed by atoms with Crippen molar-refractivity contribution in [2.75, 3.05) is 5.32 Å². The summed E-state index contributed by atoms with van der Waals surface area (Å²) in [5.74, 6) is -0.0161. The number of amides is 1. The minimum absolute atomic E-state index is 0.00704. The average molecular weight is 434 g/mol. The number of hydrogen-bond donors (Lipinski definition) is 1. The molecule has 126 valence electrons. The van der Waals surface area contributed by atoms with Gasteiger partial charge < -0.3 is 10.1 Å². The maximum absolute atomic E-state index is 12.2. The van der Waals surface area contributed by atoms with Crippen LogP contribution < -0.4 is 10.1 Å². The van der Waals surface area contributed by atoms with E-state index in [0.29, 0.717) is 15.2 Å². The van der Waals surface area contributed by atoms with Crippen LogP contribution in [-0.4, -0.2) is 16.9 Å². The third-order valence-electron chi connectivity index (χ3n) is 2.98. The highest BCUT2D eigenvalue weighted by molar-refractivity contribution is 9.10. The lowest BCUT2D eigenvalue weighted by Gasteiger charge is -2.16. The zero-order valence-electron chi connectivity index (χ0n) is 12.3. The Morgan fingerprint density at radius 3 is 2.62 bits per heavy atom. The molecule has 0 fully saturated rings.